The normalized spacial score (nSPS) is 33.3. The number of aliphatic hydroxyl groups excluding tert-OH is 1. The van der Waals surface area contributed by atoms with Gasteiger partial charge in [0.15, 0.2) is 0 Å². The highest BCUT2D eigenvalue weighted by Gasteiger charge is 2.33. The zero-order chi connectivity index (χ0) is 11.7. The third-order valence-electron chi connectivity index (χ3n) is 3.85. The fourth-order valence-corrected chi connectivity index (χ4v) is 2.73. The molecule has 1 aliphatic heterocycles. The quantitative estimate of drug-likeness (QED) is 0.737. The topological polar surface area (TPSA) is 43.8 Å². The van der Waals surface area contributed by atoms with Crippen LogP contribution in [0.25, 0.3) is 0 Å². The van der Waals surface area contributed by atoms with Gasteiger partial charge in [0.05, 0.1) is 0 Å². The lowest BCUT2D eigenvalue weighted by Gasteiger charge is -2.45. The van der Waals surface area contributed by atoms with Crippen LogP contribution >= 0.6 is 0 Å². The maximum absolute atomic E-state index is 11.6. The summed E-state index contributed by atoms with van der Waals surface area (Å²) in [6.45, 7) is 7.32. The van der Waals surface area contributed by atoms with Gasteiger partial charge in [-0.3, -0.25) is 9.69 Å². The second kappa shape index (κ2) is 4.72. The van der Waals surface area contributed by atoms with Crippen LogP contribution in [0.3, 0.4) is 0 Å². The van der Waals surface area contributed by atoms with Gasteiger partial charge in [-0.05, 0) is 25.7 Å². The molecule has 2 rings (SSSR count). The van der Waals surface area contributed by atoms with Crippen LogP contribution in [0.4, 0.5) is 0 Å². The second-order valence-electron chi connectivity index (χ2n) is 5.27. The van der Waals surface area contributed by atoms with Gasteiger partial charge in [-0.2, -0.15) is 0 Å². The first-order chi connectivity index (χ1) is 7.58. The minimum atomic E-state index is -0.852. The molecule has 1 saturated carbocycles. The van der Waals surface area contributed by atoms with Crippen molar-refractivity contribution in [2.75, 3.05) is 26.2 Å². The van der Waals surface area contributed by atoms with E-state index in [2.05, 4.69) is 11.8 Å². The highest BCUT2D eigenvalue weighted by atomic mass is 16.3. The molecular formula is C12H22N2O2. The monoisotopic (exact) mass is 226 g/mol. The first kappa shape index (κ1) is 11.9. The molecule has 2 fully saturated rings. The average Bonchev–Trinajstić information content (AvgIpc) is 2.24. The highest BCUT2D eigenvalue weighted by Crippen LogP contribution is 2.31. The first-order valence-corrected chi connectivity index (χ1v) is 6.29. The molecule has 0 spiro atoms. The molecule has 2 aliphatic rings. The van der Waals surface area contributed by atoms with Gasteiger partial charge >= 0.3 is 0 Å². The lowest BCUT2D eigenvalue weighted by Crippen LogP contribution is -2.56. The maximum Gasteiger partial charge on any atom is 0.251 e. The van der Waals surface area contributed by atoms with Crippen molar-refractivity contribution in [3.05, 3.63) is 0 Å². The van der Waals surface area contributed by atoms with E-state index in [0.717, 1.165) is 38.1 Å². The molecule has 0 radical (unpaired) electrons. The van der Waals surface area contributed by atoms with Crippen molar-refractivity contribution >= 4 is 5.91 Å². The Balaban J connectivity index is 1.76. The molecule has 1 heterocycles. The van der Waals surface area contributed by atoms with Crippen LogP contribution < -0.4 is 0 Å². The summed E-state index contributed by atoms with van der Waals surface area (Å²) in [6, 6.07) is 0.749. The summed E-state index contributed by atoms with van der Waals surface area (Å²) in [7, 11) is 0. The molecule has 16 heavy (non-hydrogen) atoms. The minimum absolute atomic E-state index is 0.123. The van der Waals surface area contributed by atoms with E-state index in [9.17, 15) is 9.90 Å². The number of carbonyl (C=O) groups excluding carboxylic acids is 1. The van der Waals surface area contributed by atoms with E-state index >= 15 is 0 Å². The Hall–Kier alpha value is -0.610. The number of nitrogens with zero attached hydrogens (tertiary/aromatic N) is 2. The Bertz CT molecular complexity index is 254. The van der Waals surface area contributed by atoms with Crippen LogP contribution in [0, 0.1) is 5.92 Å². The molecular weight excluding hydrogens is 204 g/mol. The molecule has 92 valence electrons. The van der Waals surface area contributed by atoms with Gasteiger partial charge in [-0.25, -0.2) is 0 Å². The second-order valence-corrected chi connectivity index (χ2v) is 5.27. The van der Waals surface area contributed by atoms with Crippen LogP contribution in [-0.2, 0) is 4.79 Å². The molecule has 0 aromatic carbocycles. The zero-order valence-corrected chi connectivity index (χ0v) is 10.2. The van der Waals surface area contributed by atoms with Gasteiger partial charge in [-0.15, -0.1) is 0 Å². The van der Waals surface area contributed by atoms with E-state index in [1.165, 1.54) is 12.8 Å². The summed E-state index contributed by atoms with van der Waals surface area (Å²) in [5, 5.41) is 9.24. The summed E-state index contributed by atoms with van der Waals surface area (Å²) in [6.07, 6.45) is 1.77. The third kappa shape index (κ3) is 2.38. The fraction of sp³-hybridized carbons (Fsp3) is 0.917. The maximum atomic E-state index is 11.6. The number of amides is 1. The van der Waals surface area contributed by atoms with E-state index in [1.54, 1.807) is 11.8 Å². The predicted octanol–water partition coefficient (Wildman–Crippen LogP) is 0.310. The van der Waals surface area contributed by atoms with Gasteiger partial charge in [0.2, 0.25) is 0 Å². The van der Waals surface area contributed by atoms with Crippen LogP contribution in [0.1, 0.15) is 26.7 Å². The van der Waals surface area contributed by atoms with Gasteiger partial charge in [0, 0.05) is 32.2 Å². The summed E-state index contributed by atoms with van der Waals surface area (Å²) in [5.74, 6) is 0.753. The van der Waals surface area contributed by atoms with Crippen LogP contribution in [0.5, 0.6) is 0 Å². The highest BCUT2D eigenvalue weighted by molar-refractivity contribution is 5.80. The number of hydrogen-bond donors (Lipinski definition) is 1. The zero-order valence-electron chi connectivity index (χ0n) is 10.2. The van der Waals surface area contributed by atoms with Crippen molar-refractivity contribution in [1.82, 2.24) is 9.80 Å². The van der Waals surface area contributed by atoms with Crippen molar-refractivity contribution in [1.29, 1.82) is 0 Å². The molecule has 0 bridgehead atoms. The van der Waals surface area contributed by atoms with E-state index in [0.29, 0.717) is 0 Å². The average molecular weight is 226 g/mol. The molecule has 1 amide bonds. The third-order valence-corrected chi connectivity index (χ3v) is 3.85. The smallest absolute Gasteiger partial charge is 0.251 e. The lowest BCUT2D eigenvalue weighted by atomic mass is 9.80. The molecule has 1 aliphatic carbocycles. The molecule has 0 unspecified atom stereocenters. The molecule has 1 saturated heterocycles. The van der Waals surface area contributed by atoms with Crippen molar-refractivity contribution in [2.24, 2.45) is 5.92 Å². The van der Waals surface area contributed by atoms with Gasteiger partial charge in [0.25, 0.3) is 5.91 Å². The Kier molecular flexibility index (Phi) is 3.50. The molecule has 4 heteroatoms. The number of rotatable bonds is 2. The number of piperazine rings is 1. The Morgan fingerprint density at radius 2 is 1.81 bits per heavy atom. The van der Waals surface area contributed by atoms with E-state index in [-0.39, 0.29) is 5.91 Å². The van der Waals surface area contributed by atoms with Crippen molar-refractivity contribution in [3.8, 4) is 0 Å². The number of carbonyl (C=O) groups is 1. The minimum Gasteiger partial charge on any atom is -0.384 e. The van der Waals surface area contributed by atoms with Crippen LogP contribution in [0.15, 0.2) is 0 Å². The van der Waals surface area contributed by atoms with Crippen molar-refractivity contribution in [3.63, 3.8) is 0 Å². The number of aliphatic hydroxyl groups is 1. The van der Waals surface area contributed by atoms with E-state index < -0.39 is 6.10 Å². The predicted molar refractivity (Wildman–Crippen MR) is 62.0 cm³/mol. The summed E-state index contributed by atoms with van der Waals surface area (Å²) >= 11 is 0. The van der Waals surface area contributed by atoms with Crippen molar-refractivity contribution < 1.29 is 9.90 Å². The molecule has 1 N–H and O–H groups in total. The Labute approximate surface area is 97.2 Å². The van der Waals surface area contributed by atoms with Crippen LogP contribution in [-0.4, -0.2) is 59.1 Å². The Morgan fingerprint density at radius 1 is 1.25 bits per heavy atom. The lowest BCUT2D eigenvalue weighted by molar-refractivity contribution is -0.141. The Morgan fingerprint density at radius 3 is 2.25 bits per heavy atom. The summed E-state index contributed by atoms with van der Waals surface area (Å²) in [4.78, 5) is 15.8. The van der Waals surface area contributed by atoms with Gasteiger partial charge < -0.3 is 10.0 Å². The van der Waals surface area contributed by atoms with Crippen molar-refractivity contribution in [2.45, 2.75) is 38.8 Å². The summed E-state index contributed by atoms with van der Waals surface area (Å²) in [5.41, 5.74) is 0. The van der Waals surface area contributed by atoms with E-state index in [1.807, 2.05) is 0 Å². The largest absolute Gasteiger partial charge is 0.384 e. The fourth-order valence-electron chi connectivity index (χ4n) is 2.73. The van der Waals surface area contributed by atoms with E-state index in [4.69, 9.17) is 0 Å². The molecule has 1 atom stereocenters. The molecule has 4 nitrogen and oxygen atoms in total. The summed E-state index contributed by atoms with van der Waals surface area (Å²) < 4.78 is 0. The molecule has 0 aromatic heterocycles. The first-order valence-electron chi connectivity index (χ1n) is 6.29. The van der Waals surface area contributed by atoms with Crippen LogP contribution in [0.2, 0.25) is 0 Å². The molecule has 0 aromatic rings. The van der Waals surface area contributed by atoms with Gasteiger partial charge in [0.1, 0.15) is 6.10 Å². The number of hydrogen-bond acceptors (Lipinski definition) is 3. The van der Waals surface area contributed by atoms with Gasteiger partial charge in [-0.1, -0.05) is 6.92 Å². The SMILES string of the molecule is CC1CC(N2CCN(C(=O)[C@H](C)O)CC2)C1. The standard InChI is InChI=1S/C12H22N2O2/c1-9-7-11(8-9)13-3-5-14(6-4-13)12(16)10(2)15/h9-11,15H,3-8H2,1-2H3/t9?,10-,11?/m0/s1.